The highest BCUT2D eigenvalue weighted by molar-refractivity contribution is 7.26. The Labute approximate surface area is 247 Å². The number of benzene rings is 6. The lowest BCUT2D eigenvalue weighted by Crippen LogP contribution is -2.00. The minimum Gasteiger partial charge on any atom is -0.309 e. The summed E-state index contributed by atoms with van der Waals surface area (Å²) in [5, 5.41) is 7.88. The molecule has 0 aliphatic heterocycles. The van der Waals surface area contributed by atoms with E-state index >= 15 is 0 Å². The van der Waals surface area contributed by atoms with E-state index < -0.39 is 0 Å². The van der Waals surface area contributed by atoms with Crippen LogP contribution in [0.25, 0.3) is 75.2 Å². The molecule has 0 amide bonds. The second kappa shape index (κ2) is 8.58. The normalized spacial score (nSPS) is 12.2. The smallest absolute Gasteiger partial charge is 0.0555 e. The number of aryl methyl sites for hydroxylation is 3. The van der Waals surface area contributed by atoms with Gasteiger partial charge in [-0.1, -0.05) is 78.4 Å². The Bertz CT molecular complexity index is 2480. The molecule has 42 heavy (non-hydrogen) atoms. The molecule has 0 saturated heterocycles. The molecule has 0 aliphatic carbocycles. The van der Waals surface area contributed by atoms with Crippen molar-refractivity contribution in [3.05, 3.63) is 132 Å². The summed E-state index contributed by atoms with van der Waals surface area (Å²) in [6, 6.07) is 42.7. The highest BCUT2D eigenvalue weighted by Crippen LogP contribution is 2.45. The number of rotatable bonds is 2. The van der Waals surface area contributed by atoms with Crippen LogP contribution >= 0.6 is 11.3 Å². The van der Waals surface area contributed by atoms with Crippen LogP contribution in [0.2, 0.25) is 0 Å². The molecule has 0 bridgehead atoms. The van der Waals surface area contributed by atoms with Crippen molar-refractivity contribution < 1.29 is 0 Å². The van der Waals surface area contributed by atoms with Crippen LogP contribution in [-0.2, 0) is 0 Å². The van der Waals surface area contributed by atoms with Gasteiger partial charge < -0.3 is 9.13 Å². The largest absolute Gasteiger partial charge is 0.309 e. The lowest BCUT2D eigenvalue weighted by Gasteiger charge is -2.15. The second-order valence-corrected chi connectivity index (χ2v) is 12.6. The predicted molar refractivity (Wildman–Crippen MR) is 182 cm³/mol. The Morgan fingerprint density at radius 3 is 1.74 bits per heavy atom. The van der Waals surface area contributed by atoms with Gasteiger partial charge in [-0.05, 0) is 74.4 Å². The van der Waals surface area contributed by atoms with E-state index in [2.05, 4.69) is 145 Å². The van der Waals surface area contributed by atoms with Crippen LogP contribution in [0.15, 0.2) is 115 Å². The quantitative estimate of drug-likeness (QED) is 0.200. The van der Waals surface area contributed by atoms with Crippen LogP contribution in [0.5, 0.6) is 0 Å². The summed E-state index contributed by atoms with van der Waals surface area (Å²) in [7, 11) is 0. The van der Waals surface area contributed by atoms with E-state index in [0.29, 0.717) is 0 Å². The monoisotopic (exact) mass is 556 g/mol. The SMILES string of the molecule is Cc1cc(C)c(-n2c3ccccc3c3c4sc5ccc(-n6c7ccccc7c7ccccc76)cc5c4ccc32)c(C)c1. The number of hydrogen-bond acceptors (Lipinski definition) is 1. The van der Waals surface area contributed by atoms with E-state index in [0.717, 1.165) is 0 Å². The van der Waals surface area contributed by atoms with Crippen molar-refractivity contribution in [3.63, 3.8) is 0 Å². The molecule has 0 radical (unpaired) electrons. The van der Waals surface area contributed by atoms with Gasteiger partial charge in [0.05, 0.1) is 27.8 Å². The molecular weight excluding hydrogens is 529 g/mol. The molecule has 6 aromatic carbocycles. The first-order valence-electron chi connectivity index (χ1n) is 14.5. The van der Waals surface area contributed by atoms with E-state index in [-0.39, 0.29) is 0 Å². The summed E-state index contributed by atoms with van der Waals surface area (Å²) in [4.78, 5) is 0. The van der Waals surface area contributed by atoms with Crippen LogP contribution in [-0.4, -0.2) is 9.13 Å². The van der Waals surface area contributed by atoms with Gasteiger partial charge in [0.15, 0.2) is 0 Å². The van der Waals surface area contributed by atoms with Crippen molar-refractivity contribution >= 4 is 75.1 Å². The van der Waals surface area contributed by atoms with Gasteiger partial charge in [0, 0.05) is 47.4 Å². The minimum atomic E-state index is 1.20. The summed E-state index contributed by atoms with van der Waals surface area (Å²) in [6.07, 6.45) is 0. The van der Waals surface area contributed by atoms with Gasteiger partial charge in [0.2, 0.25) is 0 Å². The van der Waals surface area contributed by atoms with E-state index in [1.165, 1.54) is 91.8 Å². The number of thiophene rings is 1. The Morgan fingerprint density at radius 2 is 1.07 bits per heavy atom. The van der Waals surface area contributed by atoms with Crippen molar-refractivity contribution in [2.24, 2.45) is 0 Å². The van der Waals surface area contributed by atoms with Gasteiger partial charge in [0.1, 0.15) is 0 Å². The summed E-state index contributed by atoms with van der Waals surface area (Å²) < 4.78 is 7.59. The first-order chi connectivity index (χ1) is 20.6. The molecule has 9 aromatic rings. The molecule has 3 aromatic heterocycles. The predicted octanol–water partition coefficient (Wildman–Crippen LogP) is 11.2. The van der Waals surface area contributed by atoms with Gasteiger partial charge in [-0.3, -0.25) is 0 Å². The van der Waals surface area contributed by atoms with Crippen molar-refractivity contribution in [2.75, 3.05) is 0 Å². The second-order valence-electron chi connectivity index (χ2n) is 11.6. The zero-order valence-corrected chi connectivity index (χ0v) is 24.6. The lowest BCUT2D eigenvalue weighted by atomic mass is 10.0. The third-order valence-corrected chi connectivity index (χ3v) is 10.2. The Morgan fingerprint density at radius 1 is 0.476 bits per heavy atom. The van der Waals surface area contributed by atoms with E-state index in [9.17, 15) is 0 Å². The Balaban J connectivity index is 1.36. The molecule has 200 valence electrons. The average molecular weight is 557 g/mol. The van der Waals surface area contributed by atoms with E-state index in [1.54, 1.807) is 0 Å². The number of fused-ring (bicyclic) bond motifs is 10. The molecule has 2 nitrogen and oxygen atoms in total. The van der Waals surface area contributed by atoms with Crippen LogP contribution in [0.1, 0.15) is 16.7 Å². The molecule has 0 atom stereocenters. The highest BCUT2D eigenvalue weighted by atomic mass is 32.1. The van der Waals surface area contributed by atoms with Crippen molar-refractivity contribution in [1.82, 2.24) is 9.13 Å². The maximum atomic E-state index is 2.49. The highest BCUT2D eigenvalue weighted by Gasteiger charge is 2.20. The van der Waals surface area contributed by atoms with Gasteiger partial charge in [-0.25, -0.2) is 0 Å². The number of aromatic nitrogens is 2. The fourth-order valence-corrected chi connectivity index (χ4v) is 8.62. The molecule has 0 N–H and O–H groups in total. The number of hydrogen-bond donors (Lipinski definition) is 0. The summed E-state index contributed by atoms with van der Waals surface area (Å²) in [5.41, 5.74) is 11.4. The zero-order chi connectivity index (χ0) is 28.1. The zero-order valence-electron chi connectivity index (χ0n) is 23.8. The molecule has 0 spiro atoms. The first-order valence-corrected chi connectivity index (χ1v) is 15.4. The molecular formula is C39H28N2S. The maximum Gasteiger partial charge on any atom is 0.0555 e. The van der Waals surface area contributed by atoms with E-state index in [4.69, 9.17) is 0 Å². The summed E-state index contributed by atoms with van der Waals surface area (Å²) in [6.45, 7) is 6.66. The van der Waals surface area contributed by atoms with Gasteiger partial charge in [-0.2, -0.15) is 0 Å². The van der Waals surface area contributed by atoms with Crippen LogP contribution in [0.4, 0.5) is 0 Å². The van der Waals surface area contributed by atoms with Crippen molar-refractivity contribution in [2.45, 2.75) is 20.8 Å². The fraction of sp³-hybridized carbons (Fsp3) is 0.0769. The average Bonchev–Trinajstić information content (AvgIpc) is 3.64. The molecule has 9 rings (SSSR count). The molecule has 0 saturated carbocycles. The van der Waals surface area contributed by atoms with Gasteiger partial charge in [-0.15, -0.1) is 11.3 Å². The summed E-state index contributed by atoms with van der Waals surface area (Å²) >= 11 is 1.92. The number of para-hydroxylation sites is 3. The molecule has 0 fully saturated rings. The van der Waals surface area contributed by atoms with Crippen LogP contribution in [0.3, 0.4) is 0 Å². The molecule has 3 heterocycles. The van der Waals surface area contributed by atoms with Crippen molar-refractivity contribution in [3.8, 4) is 11.4 Å². The fourth-order valence-electron chi connectivity index (χ4n) is 7.38. The van der Waals surface area contributed by atoms with Crippen LogP contribution in [0, 0.1) is 20.8 Å². The third kappa shape index (κ3) is 3.14. The molecule has 0 aliphatic rings. The molecule has 0 unspecified atom stereocenters. The Kier molecular flexibility index (Phi) is 4.86. The standard InChI is InChI=1S/C39H28N2S/c1-23-20-24(2)38(25(3)21-23)41-34-15-9-6-12-30(34)37-35(41)18-17-29-31-22-26(16-19-36(31)42-39(29)37)40-32-13-7-4-10-27(32)28-11-5-8-14-33(28)40/h4-22H,1-3H3. The Hall–Kier alpha value is -4.86. The van der Waals surface area contributed by atoms with Crippen molar-refractivity contribution in [1.29, 1.82) is 0 Å². The maximum absolute atomic E-state index is 2.49. The van der Waals surface area contributed by atoms with Crippen LogP contribution < -0.4 is 0 Å². The topological polar surface area (TPSA) is 9.86 Å². The van der Waals surface area contributed by atoms with E-state index in [1.807, 2.05) is 11.3 Å². The number of nitrogens with zero attached hydrogens (tertiary/aromatic N) is 2. The summed E-state index contributed by atoms with van der Waals surface area (Å²) in [5.74, 6) is 0. The van der Waals surface area contributed by atoms with Gasteiger partial charge >= 0.3 is 0 Å². The van der Waals surface area contributed by atoms with Gasteiger partial charge in [0.25, 0.3) is 0 Å². The molecule has 3 heteroatoms. The minimum absolute atomic E-state index is 1.20. The first kappa shape index (κ1) is 23.8. The lowest BCUT2D eigenvalue weighted by molar-refractivity contribution is 1.11. The third-order valence-electron chi connectivity index (χ3n) is 8.95.